The van der Waals surface area contributed by atoms with E-state index in [0.29, 0.717) is 13.1 Å². The molecule has 1 aromatic rings. The van der Waals surface area contributed by atoms with Crippen molar-refractivity contribution in [3.05, 3.63) is 42.5 Å². The van der Waals surface area contributed by atoms with Gasteiger partial charge in [-0.3, -0.25) is 0 Å². The van der Waals surface area contributed by atoms with Crippen LogP contribution in [-0.2, 0) is 6.54 Å². The topological polar surface area (TPSA) is 45.7 Å². The van der Waals surface area contributed by atoms with Crippen molar-refractivity contribution >= 4 is 5.96 Å². The third-order valence-electron chi connectivity index (χ3n) is 2.55. The van der Waals surface area contributed by atoms with E-state index >= 15 is 0 Å². The van der Waals surface area contributed by atoms with Crippen molar-refractivity contribution in [1.82, 2.24) is 10.6 Å². The fraction of sp³-hybridized carbons (Fsp3) is 0.471. The van der Waals surface area contributed by atoms with Crippen LogP contribution in [0.4, 0.5) is 0 Å². The number of nitrogens with one attached hydrogen (secondary N) is 2. The second-order valence-electron chi connectivity index (χ2n) is 5.69. The molecule has 4 nitrogen and oxygen atoms in total. The maximum Gasteiger partial charge on any atom is 0.191 e. The molecule has 0 aliphatic heterocycles. The van der Waals surface area contributed by atoms with Gasteiger partial charge in [-0.2, -0.15) is 0 Å². The summed E-state index contributed by atoms with van der Waals surface area (Å²) in [4.78, 5) is 4.58. The molecule has 0 aliphatic carbocycles. The maximum atomic E-state index is 5.98. The van der Waals surface area contributed by atoms with E-state index < -0.39 is 0 Å². The molecule has 0 radical (unpaired) electrons. The van der Waals surface area contributed by atoms with E-state index in [1.807, 2.05) is 58.0 Å². The van der Waals surface area contributed by atoms with Gasteiger partial charge < -0.3 is 15.4 Å². The van der Waals surface area contributed by atoms with Crippen LogP contribution in [0.25, 0.3) is 0 Å². The number of ether oxygens (including phenoxy) is 1. The third-order valence-corrected chi connectivity index (χ3v) is 2.55. The number of hydrogen-bond acceptors (Lipinski definition) is 2. The highest BCUT2D eigenvalue weighted by atomic mass is 16.5. The Kier molecular flexibility index (Phi) is 6.79. The van der Waals surface area contributed by atoms with Crippen LogP contribution in [-0.4, -0.2) is 24.7 Å². The number of aliphatic imine (C=N–C) groups is 1. The first-order valence-electron chi connectivity index (χ1n) is 7.36. The summed E-state index contributed by atoms with van der Waals surface area (Å²) >= 11 is 0. The second kappa shape index (κ2) is 8.35. The molecule has 4 heteroatoms. The van der Waals surface area contributed by atoms with E-state index in [4.69, 9.17) is 4.74 Å². The molecule has 0 aliphatic rings. The number of hydrogen-bond donors (Lipinski definition) is 2. The summed E-state index contributed by atoms with van der Waals surface area (Å²) in [6, 6.07) is 8.02. The fourth-order valence-electron chi connectivity index (χ4n) is 1.74. The molecule has 0 atom stereocenters. The highest BCUT2D eigenvalue weighted by Crippen LogP contribution is 2.23. The van der Waals surface area contributed by atoms with E-state index in [1.54, 1.807) is 0 Å². The van der Waals surface area contributed by atoms with Gasteiger partial charge in [-0.25, -0.2) is 4.99 Å². The molecule has 1 rings (SSSR count). The summed E-state index contributed by atoms with van der Waals surface area (Å²) in [5.74, 6) is 1.66. The van der Waals surface area contributed by atoms with Crippen LogP contribution < -0.4 is 15.4 Å². The molecule has 0 amide bonds. The van der Waals surface area contributed by atoms with Gasteiger partial charge in [0.05, 0.1) is 6.54 Å². The quantitative estimate of drug-likeness (QED) is 0.480. The summed E-state index contributed by atoms with van der Waals surface area (Å²) in [7, 11) is 0. The van der Waals surface area contributed by atoms with E-state index in [9.17, 15) is 0 Å². The van der Waals surface area contributed by atoms with Gasteiger partial charge in [0.1, 0.15) is 11.4 Å². The first-order chi connectivity index (χ1) is 9.96. The largest absolute Gasteiger partial charge is 0.488 e. The molecule has 0 fully saturated rings. The van der Waals surface area contributed by atoms with Gasteiger partial charge in [-0.15, -0.1) is 6.58 Å². The molecule has 21 heavy (non-hydrogen) atoms. The van der Waals surface area contributed by atoms with Crippen LogP contribution in [0.15, 0.2) is 41.9 Å². The van der Waals surface area contributed by atoms with Crippen LogP contribution in [0.5, 0.6) is 5.75 Å². The lowest BCUT2D eigenvalue weighted by atomic mass is 10.1. The minimum atomic E-state index is -0.217. The average molecular weight is 289 g/mol. The monoisotopic (exact) mass is 289 g/mol. The molecule has 116 valence electrons. The summed E-state index contributed by atoms with van der Waals surface area (Å²) in [5, 5.41) is 6.39. The molecule has 1 aromatic carbocycles. The van der Waals surface area contributed by atoms with Gasteiger partial charge >= 0.3 is 0 Å². The number of rotatable bonds is 6. The van der Waals surface area contributed by atoms with Crippen LogP contribution in [0.3, 0.4) is 0 Å². The smallest absolute Gasteiger partial charge is 0.191 e. The average Bonchev–Trinajstić information content (AvgIpc) is 2.41. The molecular formula is C17H27N3O. The molecule has 0 aromatic heterocycles. The Morgan fingerprint density at radius 3 is 2.62 bits per heavy atom. The number of para-hydroxylation sites is 1. The van der Waals surface area contributed by atoms with E-state index in [2.05, 4.69) is 22.2 Å². The Balaban J connectivity index is 2.82. The van der Waals surface area contributed by atoms with Crippen molar-refractivity contribution in [2.75, 3.05) is 13.1 Å². The SMILES string of the molecule is C=CCNC(=NCc1ccccc1OC(C)(C)C)NCC. The lowest BCUT2D eigenvalue weighted by Crippen LogP contribution is -2.37. The highest BCUT2D eigenvalue weighted by Gasteiger charge is 2.14. The van der Waals surface area contributed by atoms with Crippen molar-refractivity contribution in [1.29, 1.82) is 0 Å². The van der Waals surface area contributed by atoms with E-state index in [-0.39, 0.29) is 5.60 Å². The van der Waals surface area contributed by atoms with Crippen LogP contribution >= 0.6 is 0 Å². The number of benzene rings is 1. The van der Waals surface area contributed by atoms with Crippen molar-refractivity contribution in [2.24, 2.45) is 4.99 Å². The predicted octanol–water partition coefficient (Wildman–Crippen LogP) is 3.11. The first kappa shape index (κ1) is 17.1. The molecule has 0 saturated carbocycles. The third kappa shape index (κ3) is 6.84. The van der Waals surface area contributed by atoms with Gasteiger partial charge in [-0.1, -0.05) is 24.3 Å². The highest BCUT2D eigenvalue weighted by molar-refractivity contribution is 5.79. The summed E-state index contributed by atoms with van der Waals surface area (Å²) in [6.45, 7) is 14.0. The summed E-state index contributed by atoms with van der Waals surface area (Å²) < 4.78 is 5.98. The standard InChI is InChI=1S/C17H27N3O/c1-6-12-19-16(18-7-2)20-13-14-10-8-9-11-15(14)21-17(3,4)5/h6,8-11H,1,7,12-13H2,2-5H3,(H2,18,19,20). The van der Waals surface area contributed by atoms with E-state index in [0.717, 1.165) is 23.8 Å². The molecule has 0 bridgehead atoms. The number of guanidine groups is 1. The minimum absolute atomic E-state index is 0.217. The summed E-state index contributed by atoms with van der Waals surface area (Å²) in [6.07, 6.45) is 1.81. The van der Waals surface area contributed by atoms with Crippen molar-refractivity contribution in [2.45, 2.75) is 39.8 Å². The van der Waals surface area contributed by atoms with Gasteiger partial charge in [0.15, 0.2) is 5.96 Å². The van der Waals surface area contributed by atoms with Gasteiger partial charge in [0, 0.05) is 18.7 Å². The molecule has 0 saturated heterocycles. The van der Waals surface area contributed by atoms with Crippen molar-refractivity contribution in [3.8, 4) is 5.75 Å². The number of nitrogens with zero attached hydrogens (tertiary/aromatic N) is 1. The molecular weight excluding hydrogens is 262 g/mol. The van der Waals surface area contributed by atoms with E-state index in [1.165, 1.54) is 0 Å². The Morgan fingerprint density at radius 1 is 1.29 bits per heavy atom. The Labute approximate surface area is 128 Å². The summed E-state index contributed by atoms with van der Waals surface area (Å²) in [5.41, 5.74) is 0.856. The van der Waals surface area contributed by atoms with Crippen LogP contribution in [0, 0.1) is 0 Å². The Hall–Kier alpha value is -1.97. The lowest BCUT2D eigenvalue weighted by molar-refractivity contribution is 0.129. The lowest BCUT2D eigenvalue weighted by Gasteiger charge is -2.23. The molecule has 2 N–H and O–H groups in total. The molecule has 0 spiro atoms. The zero-order valence-electron chi connectivity index (χ0n) is 13.6. The van der Waals surface area contributed by atoms with Crippen molar-refractivity contribution < 1.29 is 4.74 Å². The predicted molar refractivity (Wildman–Crippen MR) is 89.8 cm³/mol. The Bertz CT molecular complexity index is 475. The Morgan fingerprint density at radius 2 is 2.00 bits per heavy atom. The normalized spacial score (nSPS) is 11.9. The maximum absolute atomic E-state index is 5.98. The molecule has 0 unspecified atom stereocenters. The fourth-order valence-corrected chi connectivity index (χ4v) is 1.74. The van der Waals surface area contributed by atoms with Crippen molar-refractivity contribution in [3.63, 3.8) is 0 Å². The minimum Gasteiger partial charge on any atom is -0.488 e. The zero-order chi connectivity index (χ0) is 15.7. The van der Waals surface area contributed by atoms with Crippen LogP contribution in [0.1, 0.15) is 33.3 Å². The van der Waals surface area contributed by atoms with Gasteiger partial charge in [0.25, 0.3) is 0 Å². The van der Waals surface area contributed by atoms with Gasteiger partial charge in [-0.05, 0) is 33.8 Å². The van der Waals surface area contributed by atoms with Gasteiger partial charge in [0.2, 0.25) is 0 Å². The first-order valence-corrected chi connectivity index (χ1v) is 7.36. The second-order valence-corrected chi connectivity index (χ2v) is 5.69. The van der Waals surface area contributed by atoms with Crippen LogP contribution in [0.2, 0.25) is 0 Å². The molecule has 0 heterocycles. The zero-order valence-corrected chi connectivity index (χ0v) is 13.6.